The SMILES string of the molecule is CC(C)OCCCCNC(=O)c1cn2c(n1)NCCC2. The summed E-state index contributed by atoms with van der Waals surface area (Å²) in [6, 6.07) is 0. The fourth-order valence-corrected chi connectivity index (χ4v) is 2.13. The Hall–Kier alpha value is -1.56. The Balaban J connectivity index is 1.68. The van der Waals surface area contributed by atoms with Crippen LogP contribution in [0.2, 0.25) is 0 Å². The van der Waals surface area contributed by atoms with E-state index < -0.39 is 0 Å². The third kappa shape index (κ3) is 4.23. The molecule has 112 valence electrons. The molecule has 0 radical (unpaired) electrons. The van der Waals surface area contributed by atoms with E-state index in [4.69, 9.17) is 4.74 Å². The summed E-state index contributed by atoms with van der Waals surface area (Å²) in [7, 11) is 0. The van der Waals surface area contributed by atoms with Gasteiger partial charge in [0, 0.05) is 32.4 Å². The maximum absolute atomic E-state index is 12.0. The molecule has 20 heavy (non-hydrogen) atoms. The third-order valence-electron chi connectivity index (χ3n) is 3.18. The Morgan fingerprint density at radius 2 is 2.40 bits per heavy atom. The monoisotopic (exact) mass is 280 g/mol. The van der Waals surface area contributed by atoms with Crippen molar-refractivity contribution in [3.63, 3.8) is 0 Å². The van der Waals surface area contributed by atoms with Gasteiger partial charge >= 0.3 is 0 Å². The number of hydrogen-bond acceptors (Lipinski definition) is 4. The zero-order valence-electron chi connectivity index (χ0n) is 12.3. The second kappa shape index (κ2) is 7.28. The second-order valence-corrected chi connectivity index (χ2v) is 5.31. The molecule has 0 fully saturated rings. The molecule has 1 aromatic rings. The van der Waals surface area contributed by atoms with Crippen LogP contribution in [0, 0.1) is 0 Å². The van der Waals surface area contributed by atoms with E-state index in [0.717, 1.165) is 44.9 Å². The lowest BCUT2D eigenvalue weighted by Gasteiger charge is -2.14. The molecule has 2 N–H and O–H groups in total. The number of unbranched alkanes of at least 4 members (excludes halogenated alkanes) is 1. The molecule has 1 aliphatic heterocycles. The lowest BCUT2D eigenvalue weighted by Crippen LogP contribution is -2.25. The van der Waals surface area contributed by atoms with Crippen molar-refractivity contribution < 1.29 is 9.53 Å². The summed E-state index contributed by atoms with van der Waals surface area (Å²) in [5, 5.41) is 6.09. The van der Waals surface area contributed by atoms with Crippen LogP contribution in [0.15, 0.2) is 6.20 Å². The fourth-order valence-electron chi connectivity index (χ4n) is 2.13. The van der Waals surface area contributed by atoms with Gasteiger partial charge in [0.15, 0.2) is 0 Å². The summed E-state index contributed by atoms with van der Waals surface area (Å²) in [6.07, 6.45) is 5.04. The highest BCUT2D eigenvalue weighted by Crippen LogP contribution is 2.13. The molecule has 0 saturated carbocycles. The van der Waals surface area contributed by atoms with Gasteiger partial charge in [-0.2, -0.15) is 0 Å². The van der Waals surface area contributed by atoms with Crippen molar-refractivity contribution in [2.45, 2.75) is 45.8 Å². The Bertz CT molecular complexity index is 419. The highest BCUT2D eigenvalue weighted by atomic mass is 16.5. The number of nitrogens with zero attached hydrogens (tertiary/aromatic N) is 2. The number of hydrogen-bond donors (Lipinski definition) is 2. The number of nitrogens with one attached hydrogen (secondary N) is 2. The van der Waals surface area contributed by atoms with Crippen LogP contribution in [0.25, 0.3) is 0 Å². The van der Waals surface area contributed by atoms with Crippen molar-refractivity contribution in [1.29, 1.82) is 0 Å². The van der Waals surface area contributed by atoms with Crippen LogP contribution in [0.4, 0.5) is 5.95 Å². The lowest BCUT2D eigenvalue weighted by molar-refractivity contribution is 0.0754. The van der Waals surface area contributed by atoms with Gasteiger partial charge in [0.25, 0.3) is 5.91 Å². The number of carbonyl (C=O) groups excluding carboxylic acids is 1. The van der Waals surface area contributed by atoms with Gasteiger partial charge in [-0.1, -0.05) is 0 Å². The molecule has 1 aromatic heterocycles. The maximum atomic E-state index is 12.0. The van der Waals surface area contributed by atoms with Crippen LogP contribution < -0.4 is 10.6 Å². The highest BCUT2D eigenvalue weighted by molar-refractivity contribution is 5.92. The summed E-state index contributed by atoms with van der Waals surface area (Å²) in [4.78, 5) is 16.3. The first-order valence-corrected chi connectivity index (χ1v) is 7.37. The molecule has 2 heterocycles. The van der Waals surface area contributed by atoms with Gasteiger partial charge in [-0.25, -0.2) is 4.98 Å². The van der Waals surface area contributed by atoms with Gasteiger partial charge in [0.2, 0.25) is 5.95 Å². The zero-order chi connectivity index (χ0) is 14.4. The van der Waals surface area contributed by atoms with Crippen LogP contribution in [0.1, 0.15) is 43.6 Å². The number of carbonyl (C=O) groups is 1. The first kappa shape index (κ1) is 14.8. The summed E-state index contributed by atoms with van der Waals surface area (Å²) >= 11 is 0. The van der Waals surface area contributed by atoms with E-state index in [9.17, 15) is 4.79 Å². The standard InChI is InChI=1S/C14H24N4O2/c1-11(2)20-9-4-3-6-15-13(19)12-10-18-8-5-7-16-14(18)17-12/h10-11H,3-9H2,1-2H3,(H,15,19)(H,16,17). The Morgan fingerprint density at radius 1 is 1.55 bits per heavy atom. The van der Waals surface area contributed by atoms with E-state index in [1.165, 1.54) is 0 Å². The first-order chi connectivity index (χ1) is 9.66. The topological polar surface area (TPSA) is 68.2 Å². The van der Waals surface area contributed by atoms with Crippen molar-refractivity contribution in [2.24, 2.45) is 0 Å². The Kier molecular flexibility index (Phi) is 5.40. The number of fused-ring (bicyclic) bond motifs is 1. The van der Waals surface area contributed by atoms with Crippen molar-refractivity contribution in [2.75, 3.05) is 25.0 Å². The number of aryl methyl sites for hydroxylation is 1. The number of rotatable bonds is 7. The molecule has 6 heteroatoms. The van der Waals surface area contributed by atoms with Crippen molar-refractivity contribution in [1.82, 2.24) is 14.9 Å². The van der Waals surface area contributed by atoms with E-state index in [1.54, 1.807) is 0 Å². The van der Waals surface area contributed by atoms with Gasteiger partial charge in [-0.15, -0.1) is 0 Å². The van der Waals surface area contributed by atoms with Gasteiger partial charge in [0.05, 0.1) is 6.10 Å². The third-order valence-corrected chi connectivity index (χ3v) is 3.18. The molecular weight excluding hydrogens is 256 g/mol. The summed E-state index contributed by atoms with van der Waals surface area (Å²) in [5.41, 5.74) is 0.493. The highest BCUT2D eigenvalue weighted by Gasteiger charge is 2.15. The number of anilines is 1. The maximum Gasteiger partial charge on any atom is 0.271 e. The minimum atomic E-state index is -0.0986. The molecule has 6 nitrogen and oxygen atoms in total. The van der Waals surface area contributed by atoms with Gasteiger partial charge in [-0.05, 0) is 33.1 Å². The first-order valence-electron chi connectivity index (χ1n) is 7.37. The minimum Gasteiger partial charge on any atom is -0.379 e. The molecule has 0 bridgehead atoms. The van der Waals surface area contributed by atoms with Crippen LogP contribution >= 0.6 is 0 Å². The molecule has 1 aliphatic rings. The van der Waals surface area contributed by atoms with Gasteiger partial charge in [-0.3, -0.25) is 4.79 Å². The summed E-state index contributed by atoms with van der Waals surface area (Å²) < 4.78 is 7.45. The van der Waals surface area contributed by atoms with E-state index in [2.05, 4.69) is 15.6 Å². The number of ether oxygens (including phenoxy) is 1. The predicted molar refractivity (Wildman–Crippen MR) is 78.0 cm³/mol. The van der Waals surface area contributed by atoms with Crippen LogP contribution in [0.3, 0.4) is 0 Å². The molecular formula is C14H24N4O2. The van der Waals surface area contributed by atoms with Crippen molar-refractivity contribution in [3.8, 4) is 0 Å². The van der Waals surface area contributed by atoms with Gasteiger partial charge in [0.1, 0.15) is 5.69 Å². The van der Waals surface area contributed by atoms with Crippen LogP contribution in [0.5, 0.6) is 0 Å². The van der Waals surface area contributed by atoms with E-state index >= 15 is 0 Å². The van der Waals surface area contributed by atoms with Crippen LogP contribution in [-0.4, -0.2) is 41.3 Å². The average Bonchev–Trinajstić information content (AvgIpc) is 2.86. The second-order valence-electron chi connectivity index (χ2n) is 5.31. The quantitative estimate of drug-likeness (QED) is 0.745. The van der Waals surface area contributed by atoms with Crippen molar-refractivity contribution in [3.05, 3.63) is 11.9 Å². The van der Waals surface area contributed by atoms with Gasteiger partial charge < -0.3 is 19.9 Å². The molecule has 0 atom stereocenters. The number of amides is 1. The molecule has 0 unspecified atom stereocenters. The summed E-state index contributed by atoms with van der Waals surface area (Å²) in [5.74, 6) is 0.699. The molecule has 0 aliphatic carbocycles. The minimum absolute atomic E-state index is 0.0986. The summed E-state index contributed by atoms with van der Waals surface area (Å²) in [6.45, 7) is 7.31. The largest absolute Gasteiger partial charge is 0.379 e. The molecule has 0 spiro atoms. The van der Waals surface area contributed by atoms with E-state index in [-0.39, 0.29) is 12.0 Å². The fraction of sp³-hybridized carbons (Fsp3) is 0.714. The van der Waals surface area contributed by atoms with Crippen LogP contribution in [-0.2, 0) is 11.3 Å². The molecule has 0 saturated heterocycles. The number of aromatic nitrogens is 2. The molecule has 2 rings (SSSR count). The molecule has 0 aromatic carbocycles. The normalized spacial score (nSPS) is 13.9. The Labute approximate surface area is 119 Å². The smallest absolute Gasteiger partial charge is 0.271 e. The van der Waals surface area contributed by atoms with E-state index in [0.29, 0.717) is 12.2 Å². The zero-order valence-corrected chi connectivity index (χ0v) is 12.3. The predicted octanol–water partition coefficient (Wildman–Crippen LogP) is 1.63. The molecule has 1 amide bonds. The number of imidazole rings is 1. The lowest BCUT2D eigenvalue weighted by atomic mass is 10.3. The van der Waals surface area contributed by atoms with Crippen molar-refractivity contribution >= 4 is 11.9 Å². The van der Waals surface area contributed by atoms with E-state index in [1.807, 2.05) is 24.6 Å². The average molecular weight is 280 g/mol. The Morgan fingerprint density at radius 3 is 3.15 bits per heavy atom.